The molecule has 1 aliphatic rings. The molecule has 0 unspecified atom stereocenters. The van der Waals surface area contributed by atoms with E-state index in [0.717, 1.165) is 44.8 Å². The van der Waals surface area contributed by atoms with Gasteiger partial charge in [-0.05, 0) is 55.3 Å². The number of anilines is 2. The van der Waals surface area contributed by atoms with Crippen LogP contribution in [0.15, 0.2) is 53.4 Å². The van der Waals surface area contributed by atoms with Crippen LogP contribution in [0.4, 0.5) is 11.4 Å². The molecule has 1 aliphatic heterocycles. The highest BCUT2D eigenvalue weighted by atomic mass is 32.2. The Labute approximate surface area is 194 Å². The van der Waals surface area contributed by atoms with Crippen LogP contribution in [-0.4, -0.2) is 64.0 Å². The van der Waals surface area contributed by atoms with Gasteiger partial charge >= 0.3 is 0 Å². The van der Waals surface area contributed by atoms with Crippen molar-refractivity contribution in [3.63, 3.8) is 0 Å². The molecule has 1 heterocycles. The van der Waals surface area contributed by atoms with Gasteiger partial charge in [0.2, 0.25) is 21.8 Å². The van der Waals surface area contributed by atoms with Crippen LogP contribution < -0.4 is 15.4 Å². The van der Waals surface area contributed by atoms with E-state index in [2.05, 4.69) is 20.3 Å². The second-order valence-electron chi connectivity index (χ2n) is 7.94. The third kappa shape index (κ3) is 7.64. The molecule has 2 aromatic carbocycles. The second-order valence-corrected chi connectivity index (χ2v) is 9.65. The summed E-state index contributed by atoms with van der Waals surface area (Å²) in [7, 11) is -3.90. The van der Waals surface area contributed by atoms with Crippen molar-refractivity contribution in [2.75, 3.05) is 43.5 Å². The number of ether oxygens (including phenoxy) is 1. The van der Waals surface area contributed by atoms with Gasteiger partial charge in [-0.25, -0.2) is 8.42 Å². The van der Waals surface area contributed by atoms with Crippen LogP contribution in [0.1, 0.15) is 19.4 Å². The minimum Gasteiger partial charge on any atom is -0.379 e. The van der Waals surface area contributed by atoms with E-state index in [1.54, 1.807) is 0 Å². The summed E-state index contributed by atoms with van der Waals surface area (Å²) in [6.07, 6.45) is 0.908. The Morgan fingerprint density at radius 3 is 2.15 bits per heavy atom. The smallest absolute Gasteiger partial charge is 0.242 e. The number of benzene rings is 2. The molecule has 2 aromatic rings. The largest absolute Gasteiger partial charge is 0.379 e. The number of morpholine rings is 1. The topological polar surface area (TPSA) is 117 Å². The van der Waals surface area contributed by atoms with E-state index < -0.39 is 22.0 Å². The molecular weight excluding hydrogens is 444 g/mol. The van der Waals surface area contributed by atoms with Crippen molar-refractivity contribution in [3.05, 3.63) is 54.1 Å². The summed E-state index contributed by atoms with van der Waals surface area (Å²) in [5.74, 6) is -0.714. The maximum atomic E-state index is 12.6. The summed E-state index contributed by atoms with van der Waals surface area (Å²) < 4.78 is 32.9. The van der Waals surface area contributed by atoms with E-state index in [-0.39, 0.29) is 10.8 Å². The molecule has 178 valence electrons. The number of hydrogen-bond acceptors (Lipinski definition) is 6. The zero-order valence-electron chi connectivity index (χ0n) is 18.8. The number of nitrogens with one attached hydrogen (secondary N) is 3. The van der Waals surface area contributed by atoms with E-state index in [9.17, 15) is 18.0 Å². The molecular formula is C23H30N4O5S. The van der Waals surface area contributed by atoms with E-state index >= 15 is 0 Å². The van der Waals surface area contributed by atoms with Gasteiger partial charge in [0, 0.05) is 37.9 Å². The number of hydrogen-bond donors (Lipinski definition) is 3. The van der Waals surface area contributed by atoms with Crippen LogP contribution in [-0.2, 0) is 30.8 Å². The maximum Gasteiger partial charge on any atom is 0.242 e. The molecule has 1 saturated heterocycles. The highest BCUT2D eigenvalue weighted by Crippen LogP contribution is 2.15. The summed E-state index contributed by atoms with van der Waals surface area (Å²) >= 11 is 0. The Kier molecular flexibility index (Phi) is 8.56. The molecule has 1 atom stereocenters. The minimum atomic E-state index is -3.90. The molecule has 0 saturated carbocycles. The molecule has 3 N–H and O–H groups in total. The summed E-state index contributed by atoms with van der Waals surface area (Å²) in [6, 6.07) is 12.3. The third-order valence-electron chi connectivity index (χ3n) is 5.25. The number of nitrogens with zero attached hydrogens (tertiary/aromatic N) is 1. The molecule has 1 fully saturated rings. The van der Waals surface area contributed by atoms with Crippen LogP contribution in [0.2, 0.25) is 0 Å². The lowest BCUT2D eigenvalue weighted by Crippen LogP contribution is -2.41. The van der Waals surface area contributed by atoms with Gasteiger partial charge in [-0.1, -0.05) is 12.1 Å². The van der Waals surface area contributed by atoms with Crippen molar-refractivity contribution in [3.8, 4) is 0 Å². The first-order valence-corrected chi connectivity index (χ1v) is 12.3. The summed E-state index contributed by atoms with van der Waals surface area (Å²) in [5.41, 5.74) is 2.25. The number of amides is 2. The first-order chi connectivity index (χ1) is 15.7. The lowest BCUT2D eigenvalue weighted by Gasteiger charge is -2.26. The van der Waals surface area contributed by atoms with Crippen LogP contribution in [0.3, 0.4) is 0 Å². The minimum absolute atomic E-state index is 0.000808. The molecule has 0 aromatic heterocycles. The van der Waals surface area contributed by atoms with Gasteiger partial charge in [0.1, 0.15) is 0 Å². The Hall–Kier alpha value is -2.79. The lowest BCUT2D eigenvalue weighted by atomic mass is 10.1. The predicted octanol–water partition coefficient (Wildman–Crippen LogP) is 1.83. The number of carbonyl (C=O) groups is 2. The van der Waals surface area contributed by atoms with Gasteiger partial charge in [0.25, 0.3) is 0 Å². The maximum absolute atomic E-state index is 12.6. The highest BCUT2D eigenvalue weighted by Gasteiger charge is 2.22. The molecule has 0 aliphatic carbocycles. The molecule has 0 spiro atoms. The Balaban J connectivity index is 1.51. The summed E-state index contributed by atoms with van der Waals surface area (Å²) in [4.78, 5) is 26.0. The first kappa shape index (κ1) is 24.8. The number of sulfonamides is 1. The van der Waals surface area contributed by atoms with Crippen molar-refractivity contribution in [1.82, 2.24) is 9.62 Å². The van der Waals surface area contributed by atoms with Gasteiger partial charge in [-0.2, -0.15) is 4.72 Å². The average Bonchev–Trinajstić information content (AvgIpc) is 2.79. The fourth-order valence-corrected chi connectivity index (χ4v) is 4.60. The number of rotatable bonds is 9. The molecule has 33 heavy (non-hydrogen) atoms. The zero-order valence-corrected chi connectivity index (χ0v) is 19.7. The van der Waals surface area contributed by atoms with E-state index in [4.69, 9.17) is 4.74 Å². The van der Waals surface area contributed by atoms with Crippen LogP contribution in [0, 0.1) is 0 Å². The third-order valence-corrected chi connectivity index (χ3v) is 6.81. The lowest BCUT2D eigenvalue weighted by molar-refractivity contribution is -0.117. The first-order valence-electron chi connectivity index (χ1n) is 10.8. The van der Waals surface area contributed by atoms with Gasteiger partial charge in [-0.3, -0.25) is 14.5 Å². The van der Waals surface area contributed by atoms with Gasteiger partial charge in [0.05, 0.1) is 24.2 Å². The average molecular weight is 475 g/mol. The van der Waals surface area contributed by atoms with Gasteiger partial charge in [0.15, 0.2) is 0 Å². The van der Waals surface area contributed by atoms with Crippen molar-refractivity contribution in [2.45, 2.75) is 31.2 Å². The molecule has 0 bridgehead atoms. The van der Waals surface area contributed by atoms with Crippen LogP contribution in [0.5, 0.6) is 0 Å². The van der Waals surface area contributed by atoms with Gasteiger partial charge in [-0.15, -0.1) is 0 Å². The van der Waals surface area contributed by atoms with E-state index in [1.165, 1.54) is 38.1 Å². The highest BCUT2D eigenvalue weighted by molar-refractivity contribution is 7.89. The normalized spacial score (nSPS) is 15.6. The SMILES string of the molecule is CC(=O)Nc1ccc(S(=O)(=O)N[C@@H](C)C(=O)Nc2ccc(CCN3CCOCC3)cc2)cc1. The predicted molar refractivity (Wildman–Crippen MR) is 127 cm³/mol. The molecule has 9 nitrogen and oxygen atoms in total. The monoisotopic (exact) mass is 474 g/mol. The second kappa shape index (κ2) is 11.4. The Morgan fingerprint density at radius 2 is 1.55 bits per heavy atom. The van der Waals surface area contributed by atoms with Crippen molar-refractivity contribution < 1.29 is 22.7 Å². The Morgan fingerprint density at radius 1 is 0.970 bits per heavy atom. The zero-order chi connectivity index (χ0) is 23.8. The van der Waals surface area contributed by atoms with E-state index in [1.807, 2.05) is 24.3 Å². The summed E-state index contributed by atoms with van der Waals surface area (Å²) in [6.45, 7) is 7.24. The van der Waals surface area contributed by atoms with Crippen molar-refractivity contribution >= 4 is 33.2 Å². The standard InChI is InChI=1S/C23H30N4O5S/c1-17(26-33(30,31)22-9-7-20(8-10-22)24-18(2)28)23(29)25-21-5-3-19(4-6-21)11-12-27-13-15-32-16-14-27/h3-10,17,26H,11-16H2,1-2H3,(H,24,28)(H,25,29)/t17-/m0/s1. The fourth-order valence-electron chi connectivity index (χ4n) is 3.39. The molecule has 0 radical (unpaired) electrons. The summed E-state index contributed by atoms with van der Waals surface area (Å²) in [5, 5.41) is 5.31. The fraction of sp³-hybridized carbons (Fsp3) is 0.391. The molecule has 10 heteroatoms. The van der Waals surface area contributed by atoms with Crippen molar-refractivity contribution in [2.24, 2.45) is 0 Å². The van der Waals surface area contributed by atoms with Crippen molar-refractivity contribution in [1.29, 1.82) is 0 Å². The number of carbonyl (C=O) groups excluding carboxylic acids is 2. The quantitative estimate of drug-likeness (QED) is 0.511. The van der Waals surface area contributed by atoms with E-state index in [0.29, 0.717) is 11.4 Å². The molecule has 2 amide bonds. The van der Waals surface area contributed by atoms with Crippen LogP contribution >= 0.6 is 0 Å². The van der Waals surface area contributed by atoms with Crippen LogP contribution in [0.25, 0.3) is 0 Å². The molecule has 3 rings (SSSR count). The Bertz CT molecular complexity index is 1050. The van der Waals surface area contributed by atoms with Gasteiger partial charge < -0.3 is 15.4 Å².